The van der Waals surface area contributed by atoms with Crippen LogP contribution in [-0.2, 0) is 0 Å². The molecule has 3 amide bonds. The quantitative estimate of drug-likeness (QED) is 0.674. The van der Waals surface area contributed by atoms with Crippen molar-refractivity contribution in [3.05, 3.63) is 63.6 Å². The van der Waals surface area contributed by atoms with Crippen LogP contribution in [0.3, 0.4) is 0 Å². The zero-order chi connectivity index (χ0) is 20.9. The maximum absolute atomic E-state index is 12.6. The van der Waals surface area contributed by atoms with Crippen LogP contribution in [0.25, 0.3) is 6.08 Å². The molecule has 2 aromatic carbocycles. The molecule has 2 N–H and O–H groups in total. The number of ether oxygens (including phenoxy) is 1. The topological polar surface area (TPSA) is 67.4 Å². The summed E-state index contributed by atoms with van der Waals surface area (Å²) in [5.74, 6) is -0.627. The van der Waals surface area contributed by atoms with Crippen molar-refractivity contribution in [3.63, 3.8) is 0 Å². The second kappa shape index (κ2) is 8.99. The zero-order valence-electron chi connectivity index (χ0n) is 14.2. The first-order valence-corrected chi connectivity index (χ1v) is 8.36. The van der Waals surface area contributed by atoms with Crippen molar-refractivity contribution in [2.75, 3.05) is 12.4 Å². The van der Waals surface area contributed by atoms with Crippen LogP contribution in [0.1, 0.15) is 15.9 Å². The fourth-order valence-electron chi connectivity index (χ4n) is 2.12. The fraction of sp³-hybridized carbons (Fsp3) is 0.111. The number of allylic oxidation sites excluding steroid dienone is 1. The fourth-order valence-corrected chi connectivity index (χ4v) is 2.46. The second-order valence-electron chi connectivity index (χ2n) is 5.33. The number of methoxy groups -OCH3 is 1. The number of alkyl halides is 3. The van der Waals surface area contributed by atoms with Crippen LogP contribution >= 0.6 is 23.2 Å². The van der Waals surface area contributed by atoms with Crippen molar-refractivity contribution in [2.24, 2.45) is 0 Å². The number of carbonyl (C=O) groups excluding carboxylic acids is 2. The summed E-state index contributed by atoms with van der Waals surface area (Å²) in [6, 6.07) is 9.16. The molecule has 5 nitrogen and oxygen atoms in total. The molecule has 0 aliphatic rings. The van der Waals surface area contributed by atoms with Gasteiger partial charge in [-0.3, -0.25) is 10.1 Å². The molecule has 2 rings (SSSR count). The lowest BCUT2D eigenvalue weighted by molar-refractivity contribution is -0.0836. The van der Waals surface area contributed by atoms with E-state index in [4.69, 9.17) is 27.9 Å². The molecule has 0 saturated heterocycles. The van der Waals surface area contributed by atoms with E-state index in [2.05, 4.69) is 10.6 Å². The number of nitrogens with one attached hydrogen (secondary N) is 2. The SMILES string of the molecule is COc1ccc(NC(=O)NC(=O)c2ccccc2Cl)cc1/C=C(\Cl)C(F)(F)F. The summed E-state index contributed by atoms with van der Waals surface area (Å²) in [5.41, 5.74) is 0.192. The predicted octanol–water partition coefficient (Wildman–Crippen LogP) is 5.45. The average Bonchev–Trinajstić information content (AvgIpc) is 2.61. The molecule has 0 aliphatic heterocycles. The smallest absolute Gasteiger partial charge is 0.426 e. The molecule has 0 unspecified atom stereocenters. The number of hydrogen-bond donors (Lipinski definition) is 2. The van der Waals surface area contributed by atoms with Gasteiger partial charge in [-0.25, -0.2) is 4.79 Å². The molecular weight excluding hydrogens is 420 g/mol. The van der Waals surface area contributed by atoms with Gasteiger partial charge in [0.2, 0.25) is 0 Å². The van der Waals surface area contributed by atoms with Gasteiger partial charge in [0.25, 0.3) is 5.91 Å². The normalized spacial score (nSPS) is 11.7. The van der Waals surface area contributed by atoms with Gasteiger partial charge in [0.15, 0.2) is 0 Å². The first-order valence-electron chi connectivity index (χ1n) is 7.61. The number of benzene rings is 2. The van der Waals surface area contributed by atoms with Crippen LogP contribution in [0.5, 0.6) is 5.75 Å². The van der Waals surface area contributed by atoms with E-state index in [1.165, 1.54) is 37.4 Å². The molecule has 10 heteroatoms. The van der Waals surface area contributed by atoms with Crippen molar-refractivity contribution in [3.8, 4) is 5.75 Å². The summed E-state index contributed by atoms with van der Waals surface area (Å²) in [5, 5.41) is 3.21. The number of halogens is 5. The minimum atomic E-state index is -4.73. The average molecular weight is 433 g/mol. The van der Waals surface area contributed by atoms with E-state index < -0.39 is 23.1 Å². The molecule has 0 saturated carbocycles. The van der Waals surface area contributed by atoms with Gasteiger partial charge in [-0.2, -0.15) is 13.2 Å². The molecule has 0 fully saturated rings. The van der Waals surface area contributed by atoms with Gasteiger partial charge in [0.05, 0.1) is 17.7 Å². The van der Waals surface area contributed by atoms with Gasteiger partial charge in [0.1, 0.15) is 10.8 Å². The summed E-state index contributed by atoms with van der Waals surface area (Å²) in [6.07, 6.45) is -4.06. The standard InChI is InChI=1S/C18H13Cl2F3N2O3/c1-28-14-7-6-11(8-10(14)9-15(20)18(21,22)23)24-17(27)25-16(26)12-4-2-3-5-13(12)19/h2-9H,1H3,(H2,24,25,26,27)/b15-9-. The molecule has 0 spiro atoms. The van der Waals surface area contributed by atoms with Crippen LogP contribution in [0.15, 0.2) is 47.5 Å². The largest absolute Gasteiger partial charge is 0.496 e. The Morgan fingerprint density at radius 2 is 1.82 bits per heavy atom. The van der Waals surface area contributed by atoms with Crippen molar-refractivity contribution < 1.29 is 27.5 Å². The van der Waals surface area contributed by atoms with Crippen LogP contribution in [-0.4, -0.2) is 25.2 Å². The van der Waals surface area contributed by atoms with E-state index in [-0.39, 0.29) is 27.6 Å². The third kappa shape index (κ3) is 5.64. The van der Waals surface area contributed by atoms with Crippen molar-refractivity contribution in [2.45, 2.75) is 6.18 Å². The van der Waals surface area contributed by atoms with Gasteiger partial charge >= 0.3 is 12.2 Å². The van der Waals surface area contributed by atoms with Gasteiger partial charge in [0, 0.05) is 11.3 Å². The maximum Gasteiger partial charge on any atom is 0.426 e. The maximum atomic E-state index is 12.6. The Morgan fingerprint density at radius 1 is 1.14 bits per heavy atom. The number of amides is 3. The molecule has 0 radical (unpaired) electrons. The number of carbonyl (C=O) groups is 2. The Bertz CT molecular complexity index is 931. The van der Waals surface area contributed by atoms with Gasteiger partial charge in [-0.1, -0.05) is 35.3 Å². The highest BCUT2D eigenvalue weighted by Gasteiger charge is 2.32. The molecule has 0 bridgehead atoms. The number of hydrogen-bond acceptors (Lipinski definition) is 3. The Balaban J connectivity index is 2.18. The summed E-state index contributed by atoms with van der Waals surface area (Å²) in [7, 11) is 1.27. The summed E-state index contributed by atoms with van der Waals surface area (Å²) >= 11 is 11.1. The Labute approximate surface area is 168 Å². The lowest BCUT2D eigenvalue weighted by Gasteiger charge is -2.11. The Kier molecular flexibility index (Phi) is 6.93. The first-order chi connectivity index (χ1) is 13.1. The third-order valence-corrected chi connectivity index (χ3v) is 4.04. The van der Waals surface area contributed by atoms with E-state index in [1.54, 1.807) is 12.1 Å². The van der Waals surface area contributed by atoms with Gasteiger partial charge in [-0.15, -0.1) is 0 Å². The van der Waals surface area contributed by atoms with Gasteiger partial charge < -0.3 is 10.1 Å². The first kappa shape index (κ1) is 21.6. The highest BCUT2D eigenvalue weighted by atomic mass is 35.5. The molecular formula is C18H13Cl2F3N2O3. The lowest BCUT2D eigenvalue weighted by atomic mass is 10.1. The highest BCUT2D eigenvalue weighted by Crippen LogP contribution is 2.33. The van der Waals surface area contributed by atoms with Crippen molar-refractivity contribution in [1.29, 1.82) is 0 Å². The van der Waals surface area contributed by atoms with E-state index in [9.17, 15) is 22.8 Å². The Morgan fingerprint density at radius 3 is 2.43 bits per heavy atom. The molecule has 0 heterocycles. The van der Waals surface area contributed by atoms with Crippen molar-refractivity contribution >= 4 is 46.9 Å². The van der Waals surface area contributed by atoms with Crippen LogP contribution in [0.4, 0.5) is 23.7 Å². The minimum Gasteiger partial charge on any atom is -0.496 e. The molecule has 148 valence electrons. The van der Waals surface area contributed by atoms with E-state index >= 15 is 0 Å². The van der Waals surface area contributed by atoms with E-state index in [1.807, 2.05) is 0 Å². The van der Waals surface area contributed by atoms with E-state index in [0.717, 1.165) is 0 Å². The van der Waals surface area contributed by atoms with Gasteiger partial charge in [-0.05, 0) is 36.4 Å². The molecule has 28 heavy (non-hydrogen) atoms. The predicted molar refractivity (Wildman–Crippen MR) is 101 cm³/mol. The number of urea groups is 1. The van der Waals surface area contributed by atoms with E-state index in [0.29, 0.717) is 6.08 Å². The summed E-state index contributed by atoms with van der Waals surface area (Å²) in [6.45, 7) is 0. The zero-order valence-corrected chi connectivity index (χ0v) is 15.7. The number of imide groups is 1. The molecule has 0 aliphatic carbocycles. The van der Waals surface area contributed by atoms with Crippen LogP contribution < -0.4 is 15.4 Å². The summed E-state index contributed by atoms with van der Waals surface area (Å²) < 4.78 is 42.9. The number of anilines is 1. The van der Waals surface area contributed by atoms with Crippen LogP contribution in [0.2, 0.25) is 5.02 Å². The lowest BCUT2D eigenvalue weighted by Crippen LogP contribution is -2.34. The summed E-state index contributed by atoms with van der Waals surface area (Å²) in [4.78, 5) is 24.1. The Hall–Kier alpha value is -2.71. The molecule has 0 aromatic heterocycles. The van der Waals surface area contributed by atoms with Crippen LogP contribution in [0, 0.1) is 0 Å². The minimum absolute atomic E-state index is 0.0138. The highest BCUT2D eigenvalue weighted by molar-refractivity contribution is 6.34. The third-order valence-electron chi connectivity index (χ3n) is 3.39. The molecule has 2 aromatic rings. The monoisotopic (exact) mass is 432 g/mol. The number of rotatable bonds is 4. The van der Waals surface area contributed by atoms with Crippen molar-refractivity contribution in [1.82, 2.24) is 5.32 Å². The second-order valence-corrected chi connectivity index (χ2v) is 6.15. The molecule has 0 atom stereocenters.